The summed E-state index contributed by atoms with van der Waals surface area (Å²) in [6.45, 7) is 2.38. The maximum atomic E-state index is 12.4. The Morgan fingerprint density at radius 3 is 2.78 bits per heavy atom. The molecule has 0 saturated carbocycles. The molecule has 1 atom stereocenters. The minimum Gasteiger partial charge on any atom is -0.408 e. The first kappa shape index (κ1) is 21.6. The predicted molar refractivity (Wildman–Crippen MR) is 122 cm³/mol. The van der Waals surface area contributed by atoms with Gasteiger partial charge in [0.2, 0.25) is 5.91 Å². The fourth-order valence-corrected chi connectivity index (χ4v) is 3.75. The molecule has 0 bridgehead atoms. The highest BCUT2D eigenvalue weighted by atomic mass is 16.4. The average molecular weight is 431 g/mol. The number of oxazole rings is 1. The van der Waals surface area contributed by atoms with E-state index in [9.17, 15) is 14.9 Å². The lowest BCUT2D eigenvalue weighted by Gasteiger charge is -2.20. The Labute approximate surface area is 185 Å². The second-order valence-corrected chi connectivity index (χ2v) is 7.85. The van der Waals surface area contributed by atoms with E-state index in [1.165, 1.54) is 4.57 Å². The van der Waals surface area contributed by atoms with Crippen LogP contribution < -0.4 is 16.4 Å². The lowest BCUT2D eigenvalue weighted by Crippen LogP contribution is -2.44. The molecule has 2 heterocycles. The molecule has 0 aliphatic carbocycles. The Hall–Kier alpha value is -3.67. The van der Waals surface area contributed by atoms with Crippen LogP contribution in [0.25, 0.3) is 22.2 Å². The van der Waals surface area contributed by atoms with E-state index in [2.05, 4.69) is 16.7 Å². The predicted octanol–water partition coefficient (Wildman–Crippen LogP) is 1.77. The molecule has 4 rings (SSSR count). The van der Waals surface area contributed by atoms with Gasteiger partial charge in [0.1, 0.15) is 6.04 Å². The Morgan fingerprint density at radius 1 is 1.22 bits per heavy atom. The van der Waals surface area contributed by atoms with Gasteiger partial charge in [-0.1, -0.05) is 42.5 Å². The van der Waals surface area contributed by atoms with Crippen LogP contribution >= 0.6 is 0 Å². The van der Waals surface area contributed by atoms with E-state index in [0.717, 1.165) is 28.8 Å². The fourth-order valence-electron chi connectivity index (χ4n) is 3.75. The van der Waals surface area contributed by atoms with Crippen LogP contribution in [0.15, 0.2) is 63.8 Å². The summed E-state index contributed by atoms with van der Waals surface area (Å²) in [5.74, 6) is -0.551. The van der Waals surface area contributed by atoms with Gasteiger partial charge >= 0.3 is 5.76 Å². The highest BCUT2D eigenvalue weighted by Gasteiger charge is 2.16. The van der Waals surface area contributed by atoms with Gasteiger partial charge in [-0.05, 0) is 28.8 Å². The van der Waals surface area contributed by atoms with Gasteiger partial charge in [-0.25, -0.2) is 4.79 Å². The third-order valence-electron chi connectivity index (χ3n) is 5.50. The number of aryl methyl sites for hydroxylation is 1. The molecule has 8 nitrogen and oxygen atoms in total. The highest BCUT2D eigenvalue weighted by Crippen LogP contribution is 2.24. The van der Waals surface area contributed by atoms with Crippen LogP contribution in [0.3, 0.4) is 0 Å². The Morgan fingerprint density at radius 2 is 2.00 bits per heavy atom. The van der Waals surface area contributed by atoms with E-state index in [1.807, 2.05) is 53.5 Å². The van der Waals surface area contributed by atoms with Gasteiger partial charge in [0.25, 0.3) is 0 Å². The third-order valence-corrected chi connectivity index (χ3v) is 5.50. The monoisotopic (exact) mass is 431 g/mol. The summed E-state index contributed by atoms with van der Waals surface area (Å²) >= 11 is 0. The van der Waals surface area contributed by atoms with Crippen molar-refractivity contribution in [2.45, 2.75) is 12.5 Å². The zero-order valence-electron chi connectivity index (χ0n) is 17.9. The van der Waals surface area contributed by atoms with Crippen molar-refractivity contribution in [3.8, 4) is 17.2 Å². The van der Waals surface area contributed by atoms with Gasteiger partial charge < -0.3 is 15.1 Å². The molecule has 0 unspecified atom stereocenters. The Kier molecular flexibility index (Phi) is 6.50. The molecular formula is C24H25N5O3. The standard InChI is InChI=1S/C24H25N5O3/c1-28-21-13-19(8-9-22(21)32-24(28)31)18-6-4-17(5-7-18)12-20(14-25)27-23(30)15-29-11-3-2-10-26-16-29/h2-9,13,20,26H,10-12,15-16H2,1H3,(H,27,30)/t20-/m0/s1. The van der Waals surface area contributed by atoms with Crippen LogP contribution in [-0.2, 0) is 18.3 Å². The van der Waals surface area contributed by atoms with Crippen molar-refractivity contribution in [1.29, 1.82) is 5.26 Å². The number of carbonyl (C=O) groups excluding carboxylic acids is 1. The Bertz CT molecular complexity index is 1230. The minimum absolute atomic E-state index is 0.163. The van der Waals surface area contributed by atoms with Crippen LogP contribution in [0.2, 0.25) is 0 Å². The summed E-state index contributed by atoms with van der Waals surface area (Å²) < 4.78 is 6.66. The number of hydrogen-bond donors (Lipinski definition) is 2. The molecule has 1 aliphatic rings. The van der Waals surface area contributed by atoms with E-state index in [-0.39, 0.29) is 18.2 Å². The van der Waals surface area contributed by atoms with Crippen LogP contribution in [0.1, 0.15) is 5.56 Å². The van der Waals surface area contributed by atoms with Crippen molar-refractivity contribution in [2.75, 3.05) is 26.3 Å². The molecule has 3 aromatic rings. The molecule has 2 aromatic carbocycles. The number of nitrogens with zero attached hydrogens (tertiary/aromatic N) is 3. The van der Waals surface area contributed by atoms with Gasteiger partial charge in [0.05, 0.1) is 18.1 Å². The van der Waals surface area contributed by atoms with Crippen molar-refractivity contribution >= 4 is 17.0 Å². The molecule has 0 saturated heterocycles. The normalized spacial score (nSPS) is 15.2. The third kappa shape index (κ3) is 4.97. The minimum atomic E-state index is -0.597. The lowest BCUT2D eigenvalue weighted by atomic mass is 10.0. The van der Waals surface area contributed by atoms with Crippen molar-refractivity contribution in [1.82, 2.24) is 20.1 Å². The topological polar surface area (TPSA) is 103 Å². The Balaban J connectivity index is 1.39. The summed E-state index contributed by atoms with van der Waals surface area (Å²) in [6.07, 6.45) is 4.49. The molecule has 0 spiro atoms. The fraction of sp³-hybridized carbons (Fsp3) is 0.292. The second kappa shape index (κ2) is 9.64. The van der Waals surface area contributed by atoms with Gasteiger partial charge in [0.15, 0.2) is 5.58 Å². The number of nitriles is 1. The molecule has 1 amide bonds. The molecule has 1 aliphatic heterocycles. The summed E-state index contributed by atoms with van der Waals surface area (Å²) in [7, 11) is 1.68. The molecule has 164 valence electrons. The summed E-state index contributed by atoms with van der Waals surface area (Å²) in [5, 5.41) is 15.5. The quantitative estimate of drug-likeness (QED) is 0.577. The molecule has 32 heavy (non-hydrogen) atoms. The van der Waals surface area contributed by atoms with Gasteiger partial charge in [-0.2, -0.15) is 5.26 Å². The SMILES string of the molecule is Cn1c(=O)oc2ccc(-c3ccc(C[C@@H](C#N)NC(=O)CN4CC=CCNC4)cc3)cc21. The summed E-state index contributed by atoms with van der Waals surface area (Å²) in [4.78, 5) is 26.0. The van der Waals surface area contributed by atoms with E-state index in [4.69, 9.17) is 4.42 Å². The molecule has 0 radical (unpaired) electrons. The number of nitrogens with one attached hydrogen (secondary N) is 2. The maximum Gasteiger partial charge on any atom is 0.419 e. The van der Waals surface area contributed by atoms with Gasteiger partial charge in [0, 0.05) is 33.2 Å². The van der Waals surface area contributed by atoms with Crippen LogP contribution in [0.4, 0.5) is 0 Å². The number of aromatic nitrogens is 1. The summed E-state index contributed by atoms with van der Waals surface area (Å²) in [6, 6.07) is 15.0. The molecule has 8 heteroatoms. The second-order valence-electron chi connectivity index (χ2n) is 7.85. The van der Waals surface area contributed by atoms with E-state index < -0.39 is 6.04 Å². The van der Waals surface area contributed by atoms with Crippen LogP contribution in [0.5, 0.6) is 0 Å². The van der Waals surface area contributed by atoms with Gasteiger partial charge in [-0.15, -0.1) is 0 Å². The number of carbonyl (C=O) groups is 1. The molecule has 1 aromatic heterocycles. The van der Waals surface area contributed by atoms with Crippen molar-refractivity contribution in [3.05, 3.63) is 70.7 Å². The average Bonchev–Trinajstić information content (AvgIpc) is 2.96. The maximum absolute atomic E-state index is 12.4. The van der Waals surface area contributed by atoms with E-state index >= 15 is 0 Å². The molecular weight excluding hydrogens is 406 g/mol. The highest BCUT2D eigenvalue weighted by molar-refractivity contribution is 5.81. The zero-order valence-corrected chi connectivity index (χ0v) is 17.9. The van der Waals surface area contributed by atoms with Crippen molar-refractivity contribution in [2.24, 2.45) is 7.05 Å². The lowest BCUT2D eigenvalue weighted by molar-refractivity contribution is -0.122. The first-order valence-corrected chi connectivity index (χ1v) is 10.5. The van der Waals surface area contributed by atoms with Crippen LogP contribution in [-0.4, -0.2) is 47.7 Å². The van der Waals surface area contributed by atoms with Gasteiger partial charge in [-0.3, -0.25) is 14.3 Å². The van der Waals surface area contributed by atoms with Crippen LogP contribution in [0, 0.1) is 11.3 Å². The van der Waals surface area contributed by atoms with E-state index in [1.54, 1.807) is 13.1 Å². The number of fused-ring (bicyclic) bond motifs is 1. The first-order chi connectivity index (χ1) is 15.5. The smallest absolute Gasteiger partial charge is 0.408 e. The number of amides is 1. The number of hydrogen-bond acceptors (Lipinski definition) is 6. The molecule has 0 fully saturated rings. The van der Waals surface area contributed by atoms with E-state index in [0.29, 0.717) is 25.2 Å². The number of rotatable bonds is 6. The first-order valence-electron chi connectivity index (χ1n) is 10.5. The largest absolute Gasteiger partial charge is 0.419 e. The summed E-state index contributed by atoms with van der Waals surface area (Å²) in [5.41, 5.74) is 4.20. The number of benzene rings is 2. The molecule has 2 N–H and O–H groups in total. The van der Waals surface area contributed by atoms with Crippen molar-refractivity contribution < 1.29 is 9.21 Å². The zero-order chi connectivity index (χ0) is 22.5. The van der Waals surface area contributed by atoms with Crippen molar-refractivity contribution in [3.63, 3.8) is 0 Å².